The lowest BCUT2D eigenvalue weighted by Gasteiger charge is -2.36. The fraction of sp³-hybridized carbons (Fsp3) is 0.263. The number of hydrogen-bond acceptors (Lipinski definition) is 4. The van der Waals surface area contributed by atoms with Crippen molar-refractivity contribution in [2.24, 2.45) is 0 Å². The number of carbonyl (C=O) groups excluding carboxylic acids is 2. The summed E-state index contributed by atoms with van der Waals surface area (Å²) in [5, 5.41) is 12.9. The zero-order chi connectivity index (χ0) is 19.4. The molecule has 0 unspecified atom stereocenters. The molecule has 2 aromatic rings. The minimum atomic E-state index is -0.375. The van der Waals surface area contributed by atoms with Gasteiger partial charge in [-0.1, -0.05) is 29.3 Å². The summed E-state index contributed by atoms with van der Waals surface area (Å²) in [5.74, 6) is -0.296. The molecule has 0 saturated carbocycles. The number of amides is 2. The highest BCUT2D eigenvalue weighted by Gasteiger charge is 2.22. The summed E-state index contributed by atoms with van der Waals surface area (Å²) in [5.41, 5.74) is 1.28. The van der Waals surface area contributed by atoms with E-state index in [1.54, 1.807) is 35.2 Å². The highest BCUT2D eigenvalue weighted by atomic mass is 35.5. The third-order valence-electron chi connectivity index (χ3n) is 4.41. The van der Waals surface area contributed by atoms with Gasteiger partial charge in [0.05, 0.1) is 16.6 Å². The van der Waals surface area contributed by atoms with Crippen molar-refractivity contribution in [3.05, 3.63) is 58.1 Å². The van der Waals surface area contributed by atoms with Crippen LogP contribution in [0.3, 0.4) is 0 Å². The number of benzene rings is 2. The van der Waals surface area contributed by atoms with Crippen molar-refractivity contribution in [1.29, 1.82) is 0 Å². The number of hydrogen-bond donors (Lipinski definition) is 2. The van der Waals surface area contributed by atoms with E-state index >= 15 is 0 Å². The predicted octanol–water partition coefficient (Wildman–Crippen LogP) is 2.78. The van der Waals surface area contributed by atoms with Crippen molar-refractivity contribution in [2.45, 2.75) is 0 Å². The minimum absolute atomic E-state index is 0.0782. The van der Waals surface area contributed by atoms with Gasteiger partial charge in [0, 0.05) is 43.5 Å². The molecular formula is C19H19Cl2N3O3. The van der Waals surface area contributed by atoms with Gasteiger partial charge in [0.1, 0.15) is 5.75 Å². The lowest BCUT2D eigenvalue weighted by molar-refractivity contribution is -0.130. The molecule has 0 atom stereocenters. The van der Waals surface area contributed by atoms with Crippen molar-refractivity contribution >= 4 is 40.7 Å². The number of rotatable bonds is 4. The Bertz CT molecular complexity index is 852. The normalized spacial score (nSPS) is 14.1. The van der Waals surface area contributed by atoms with Crippen molar-refractivity contribution in [1.82, 2.24) is 10.2 Å². The van der Waals surface area contributed by atoms with Crippen molar-refractivity contribution in [3.8, 4) is 5.75 Å². The molecule has 1 aliphatic heterocycles. The van der Waals surface area contributed by atoms with Crippen molar-refractivity contribution in [3.63, 3.8) is 0 Å². The molecule has 0 spiro atoms. The predicted molar refractivity (Wildman–Crippen MR) is 106 cm³/mol. The van der Waals surface area contributed by atoms with Gasteiger partial charge in [-0.2, -0.15) is 0 Å². The van der Waals surface area contributed by atoms with Crippen LogP contribution in [-0.2, 0) is 4.79 Å². The number of nitrogens with one attached hydrogen (secondary N) is 1. The van der Waals surface area contributed by atoms with Gasteiger partial charge in [-0.25, -0.2) is 0 Å². The van der Waals surface area contributed by atoms with Gasteiger partial charge in [-0.15, -0.1) is 0 Å². The van der Waals surface area contributed by atoms with Crippen LogP contribution in [0.1, 0.15) is 10.4 Å². The van der Waals surface area contributed by atoms with Gasteiger partial charge in [-0.3, -0.25) is 9.59 Å². The number of aromatic hydroxyl groups is 1. The molecule has 2 N–H and O–H groups in total. The van der Waals surface area contributed by atoms with Crippen LogP contribution in [0, 0.1) is 0 Å². The number of phenolic OH excluding ortho intramolecular Hbond substituents is 1. The Morgan fingerprint density at radius 3 is 2.41 bits per heavy atom. The number of nitrogens with zero attached hydrogens (tertiary/aromatic N) is 2. The second-order valence-corrected chi connectivity index (χ2v) is 7.01. The van der Waals surface area contributed by atoms with E-state index in [9.17, 15) is 14.7 Å². The number of anilines is 1. The molecule has 1 heterocycles. The Morgan fingerprint density at radius 2 is 1.74 bits per heavy atom. The van der Waals surface area contributed by atoms with Crippen LogP contribution in [0.15, 0.2) is 42.5 Å². The third kappa shape index (κ3) is 4.84. The number of phenols is 1. The van der Waals surface area contributed by atoms with Crippen molar-refractivity contribution < 1.29 is 14.7 Å². The Morgan fingerprint density at radius 1 is 1.00 bits per heavy atom. The van der Waals surface area contributed by atoms with Gasteiger partial charge in [0.15, 0.2) is 0 Å². The molecule has 27 heavy (non-hydrogen) atoms. The van der Waals surface area contributed by atoms with Crippen LogP contribution in [-0.4, -0.2) is 54.5 Å². The van der Waals surface area contributed by atoms with Gasteiger partial charge in [0.25, 0.3) is 5.91 Å². The first kappa shape index (κ1) is 19.3. The fourth-order valence-electron chi connectivity index (χ4n) is 2.91. The van der Waals surface area contributed by atoms with Crippen LogP contribution in [0.25, 0.3) is 0 Å². The van der Waals surface area contributed by atoms with E-state index in [1.807, 2.05) is 6.07 Å². The lowest BCUT2D eigenvalue weighted by atomic mass is 10.2. The largest absolute Gasteiger partial charge is 0.508 e. The third-order valence-corrected chi connectivity index (χ3v) is 5.15. The molecule has 6 nitrogen and oxygen atoms in total. The van der Waals surface area contributed by atoms with Crippen LogP contribution in [0.5, 0.6) is 5.75 Å². The second-order valence-electron chi connectivity index (χ2n) is 6.20. The summed E-state index contributed by atoms with van der Waals surface area (Å²) in [6, 6.07) is 11.6. The first-order chi connectivity index (χ1) is 12.9. The molecule has 0 aromatic heterocycles. The monoisotopic (exact) mass is 407 g/mol. The Labute approximate surface area is 167 Å². The average Bonchev–Trinajstić information content (AvgIpc) is 2.68. The molecule has 2 aromatic carbocycles. The Hall–Kier alpha value is -2.44. The molecule has 1 saturated heterocycles. The second kappa shape index (κ2) is 8.50. The summed E-state index contributed by atoms with van der Waals surface area (Å²) in [4.78, 5) is 28.3. The van der Waals surface area contributed by atoms with Crippen molar-refractivity contribution in [2.75, 3.05) is 37.6 Å². The minimum Gasteiger partial charge on any atom is -0.508 e. The first-order valence-corrected chi connectivity index (χ1v) is 9.24. The molecular weight excluding hydrogens is 389 g/mol. The van der Waals surface area contributed by atoms with E-state index in [4.69, 9.17) is 23.2 Å². The maximum Gasteiger partial charge on any atom is 0.251 e. The Kier molecular flexibility index (Phi) is 6.08. The number of halogens is 2. The highest BCUT2D eigenvalue weighted by molar-refractivity contribution is 6.42. The Balaban J connectivity index is 1.49. The maximum atomic E-state index is 12.4. The SMILES string of the molecule is O=C(NCC(=O)N1CCN(c2cccc(O)c2)CC1)c1ccc(Cl)c(Cl)c1. The van der Waals surface area contributed by atoms with Gasteiger partial charge in [-0.05, 0) is 30.3 Å². The molecule has 142 valence electrons. The molecule has 0 aliphatic carbocycles. The van der Waals surface area contributed by atoms with Crippen LogP contribution >= 0.6 is 23.2 Å². The standard InChI is InChI=1S/C19H19Cl2N3O3/c20-16-5-4-13(10-17(16)21)19(27)22-12-18(26)24-8-6-23(7-9-24)14-2-1-3-15(25)11-14/h1-5,10-11,25H,6-9,12H2,(H,22,27). The molecule has 2 amide bonds. The highest BCUT2D eigenvalue weighted by Crippen LogP contribution is 2.23. The quantitative estimate of drug-likeness (QED) is 0.816. The summed E-state index contributed by atoms with van der Waals surface area (Å²) < 4.78 is 0. The summed E-state index contributed by atoms with van der Waals surface area (Å²) >= 11 is 11.7. The molecule has 0 bridgehead atoms. The molecule has 8 heteroatoms. The zero-order valence-corrected chi connectivity index (χ0v) is 16.0. The van der Waals surface area contributed by atoms with E-state index in [0.29, 0.717) is 41.8 Å². The molecule has 1 aliphatic rings. The maximum absolute atomic E-state index is 12.4. The van der Waals surface area contributed by atoms with E-state index in [2.05, 4.69) is 10.2 Å². The summed E-state index contributed by atoms with van der Waals surface area (Å²) in [6.07, 6.45) is 0. The molecule has 1 fully saturated rings. The lowest BCUT2D eigenvalue weighted by Crippen LogP contribution is -2.51. The van der Waals surface area contributed by atoms with Gasteiger partial charge in [0.2, 0.25) is 5.91 Å². The van der Waals surface area contributed by atoms with E-state index in [0.717, 1.165) is 5.69 Å². The molecule has 3 rings (SSSR count). The summed E-state index contributed by atoms with van der Waals surface area (Å²) in [7, 11) is 0. The van der Waals surface area contributed by atoms with Gasteiger partial charge >= 0.3 is 0 Å². The fourth-order valence-corrected chi connectivity index (χ4v) is 3.21. The van der Waals surface area contributed by atoms with E-state index in [1.165, 1.54) is 6.07 Å². The first-order valence-electron chi connectivity index (χ1n) is 8.49. The molecule has 0 radical (unpaired) electrons. The summed E-state index contributed by atoms with van der Waals surface area (Å²) in [6.45, 7) is 2.35. The number of piperazine rings is 1. The zero-order valence-electron chi connectivity index (χ0n) is 14.5. The van der Waals surface area contributed by atoms with E-state index < -0.39 is 0 Å². The van der Waals surface area contributed by atoms with Crippen LogP contribution in [0.2, 0.25) is 10.0 Å². The number of carbonyl (C=O) groups is 2. The van der Waals surface area contributed by atoms with E-state index in [-0.39, 0.29) is 24.1 Å². The smallest absolute Gasteiger partial charge is 0.251 e. The van der Waals surface area contributed by atoms with Gasteiger partial charge < -0.3 is 20.2 Å². The topological polar surface area (TPSA) is 72.9 Å². The van der Waals surface area contributed by atoms with Crippen LogP contribution in [0.4, 0.5) is 5.69 Å². The van der Waals surface area contributed by atoms with Crippen LogP contribution < -0.4 is 10.2 Å². The average molecular weight is 408 g/mol.